The number of benzene rings is 3. The second kappa shape index (κ2) is 17.2. The number of methoxy groups -OCH3 is 2. The van der Waals surface area contributed by atoms with Gasteiger partial charge in [-0.1, -0.05) is 26.0 Å². The molecule has 1 aromatic heterocycles. The Morgan fingerprint density at radius 2 is 1.73 bits per heavy atom. The molecule has 1 aliphatic rings. The maximum absolute atomic E-state index is 14.1. The summed E-state index contributed by atoms with van der Waals surface area (Å²) in [7, 11) is 3.14. The Labute approximate surface area is 296 Å². The molecular weight excluding hydrogens is 652 g/mol. The van der Waals surface area contributed by atoms with Crippen LogP contribution in [0.3, 0.4) is 0 Å². The van der Waals surface area contributed by atoms with Gasteiger partial charge in [0.25, 0.3) is 11.8 Å². The molecule has 0 saturated carbocycles. The Morgan fingerprint density at radius 1 is 0.961 bits per heavy atom. The standard InChI is InChI=1S/C37H44N8O6/c1-24(2)18-29-21-44(37(49)26-9-12-30(13-10-26)45-23-39-42-43-45)22-34(46)38-17-5-6-27-20-28(11-16-33(27)51-4)35(47)41-32(36(48)40-29)19-25-7-14-31(50-3)15-8-25/h7-16,20,23-24,29,32H,5-6,17-19,21-22H2,1-4H3,(H,38,46)(H,40,48)(H,41,47)/t29-,32-/m0/s1. The Morgan fingerprint density at radius 3 is 2.39 bits per heavy atom. The average molecular weight is 697 g/mol. The number of aromatic nitrogens is 4. The Hall–Kier alpha value is -5.79. The number of aryl methyl sites for hydroxylation is 1. The number of nitrogens with one attached hydrogen (secondary N) is 3. The Kier molecular flexibility index (Phi) is 12.3. The molecule has 14 nitrogen and oxygen atoms in total. The van der Waals surface area contributed by atoms with Crippen LogP contribution in [0.15, 0.2) is 73.1 Å². The van der Waals surface area contributed by atoms with Gasteiger partial charge in [0.05, 0.1) is 26.5 Å². The minimum Gasteiger partial charge on any atom is -0.497 e. The van der Waals surface area contributed by atoms with Crippen LogP contribution in [0.25, 0.3) is 5.69 Å². The highest BCUT2D eigenvalue weighted by Crippen LogP contribution is 2.22. The number of ether oxygens (including phenoxy) is 2. The van der Waals surface area contributed by atoms with Crippen LogP contribution in [0.1, 0.15) is 58.5 Å². The lowest BCUT2D eigenvalue weighted by Crippen LogP contribution is -2.54. The topological polar surface area (TPSA) is 170 Å². The van der Waals surface area contributed by atoms with Crippen LogP contribution in [0.4, 0.5) is 0 Å². The van der Waals surface area contributed by atoms with Crippen LogP contribution in [-0.2, 0) is 22.4 Å². The van der Waals surface area contributed by atoms with E-state index < -0.39 is 23.9 Å². The first-order valence-corrected chi connectivity index (χ1v) is 16.9. The summed E-state index contributed by atoms with van der Waals surface area (Å²) in [6.07, 6.45) is 3.26. The Balaban J connectivity index is 1.47. The van der Waals surface area contributed by atoms with Crippen LogP contribution in [0, 0.1) is 5.92 Å². The van der Waals surface area contributed by atoms with Gasteiger partial charge in [0.15, 0.2) is 0 Å². The number of fused-ring (bicyclic) bond motifs is 2. The van der Waals surface area contributed by atoms with Crippen molar-refractivity contribution in [2.45, 2.75) is 51.6 Å². The molecule has 0 spiro atoms. The summed E-state index contributed by atoms with van der Waals surface area (Å²) in [6, 6.07) is 17.7. The van der Waals surface area contributed by atoms with Crippen molar-refractivity contribution < 1.29 is 28.7 Å². The molecule has 2 heterocycles. The summed E-state index contributed by atoms with van der Waals surface area (Å²) >= 11 is 0. The zero-order valence-corrected chi connectivity index (χ0v) is 29.3. The molecule has 3 aromatic carbocycles. The highest BCUT2D eigenvalue weighted by atomic mass is 16.5. The van der Waals surface area contributed by atoms with Crippen LogP contribution in [0.2, 0.25) is 0 Å². The van der Waals surface area contributed by atoms with E-state index in [0.717, 1.165) is 11.1 Å². The molecule has 0 unspecified atom stereocenters. The van der Waals surface area contributed by atoms with E-state index in [0.29, 0.717) is 54.1 Å². The second-order valence-electron chi connectivity index (χ2n) is 12.9. The predicted molar refractivity (Wildman–Crippen MR) is 189 cm³/mol. The van der Waals surface area contributed by atoms with Crippen LogP contribution in [-0.4, -0.2) is 94.7 Å². The van der Waals surface area contributed by atoms with E-state index in [1.54, 1.807) is 68.8 Å². The third-order valence-electron chi connectivity index (χ3n) is 8.60. The zero-order chi connectivity index (χ0) is 36.3. The van der Waals surface area contributed by atoms with Crippen molar-refractivity contribution in [1.29, 1.82) is 0 Å². The van der Waals surface area contributed by atoms with Gasteiger partial charge in [-0.05, 0) is 101 Å². The lowest BCUT2D eigenvalue weighted by atomic mass is 10.00. The first-order chi connectivity index (χ1) is 24.6. The predicted octanol–water partition coefficient (Wildman–Crippen LogP) is 2.76. The summed E-state index contributed by atoms with van der Waals surface area (Å²) in [5, 5.41) is 20.2. The average Bonchev–Trinajstić information content (AvgIpc) is 3.67. The van der Waals surface area contributed by atoms with Crippen molar-refractivity contribution in [3.05, 3.63) is 95.3 Å². The van der Waals surface area contributed by atoms with Crippen molar-refractivity contribution in [1.82, 2.24) is 41.1 Å². The molecule has 0 saturated heterocycles. The minimum absolute atomic E-state index is 0.0616. The third-order valence-corrected chi connectivity index (χ3v) is 8.60. The van der Waals surface area contributed by atoms with E-state index in [1.165, 1.54) is 15.9 Å². The van der Waals surface area contributed by atoms with E-state index in [4.69, 9.17) is 9.47 Å². The van der Waals surface area contributed by atoms with E-state index in [9.17, 15) is 19.2 Å². The molecule has 3 N–H and O–H groups in total. The summed E-state index contributed by atoms with van der Waals surface area (Å²) in [6.45, 7) is 4.22. The van der Waals surface area contributed by atoms with Crippen molar-refractivity contribution in [2.75, 3.05) is 33.9 Å². The molecule has 2 bridgehead atoms. The zero-order valence-electron chi connectivity index (χ0n) is 29.3. The number of rotatable bonds is 8. The van der Waals surface area contributed by atoms with Crippen molar-refractivity contribution in [3.63, 3.8) is 0 Å². The first-order valence-electron chi connectivity index (χ1n) is 16.9. The molecule has 4 aromatic rings. The number of hydrogen-bond acceptors (Lipinski definition) is 9. The Bertz CT molecular complexity index is 1790. The van der Waals surface area contributed by atoms with Gasteiger partial charge in [0.2, 0.25) is 11.8 Å². The molecule has 1 aliphatic heterocycles. The van der Waals surface area contributed by atoms with Crippen LogP contribution < -0.4 is 25.4 Å². The van der Waals surface area contributed by atoms with Crippen molar-refractivity contribution in [2.24, 2.45) is 5.92 Å². The molecule has 0 aliphatic carbocycles. The van der Waals surface area contributed by atoms with Gasteiger partial charge in [0.1, 0.15) is 23.9 Å². The molecule has 0 radical (unpaired) electrons. The second-order valence-corrected chi connectivity index (χ2v) is 12.9. The number of nitrogens with zero attached hydrogens (tertiary/aromatic N) is 5. The monoisotopic (exact) mass is 696 g/mol. The number of hydrogen-bond donors (Lipinski definition) is 3. The van der Waals surface area contributed by atoms with E-state index in [1.807, 2.05) is 26.0 Å². The van der Waals surface area contributed by atoms with Gasteiger partial charge in [-0.2, -0.15) is 0 Å². The molecule has 4 amide bonds. The smallest absolute Gasteiger partial charge is 0.254 e. The number of tetrazole rings is 1. The van der Waals surface area contributed by atoms with E-state index >= 15 is 0 Å². The fourth-order valence-corrected chi connectivity index (χ4v) is 6.05. The van der Waals surface area contributed by atoms with Gasteiger partial charge in [-0.15, -0.1) is 5.10 Å². The normalized spacial score (nSPS) is 17.6. The summed E-state index contributed by atoms with van der Waals surface area (Å²) in [5.74, 6) is -0.109. The van der Waals surface area contributed by atoms with Crippen LogP contribution >= 0.6 is 0 Å². The van der Waals surface area contributed by atoms with Gasteiger partial charge >= 0.3 is 0 Å². The quantitative estimate of drug-likeness (QED) is 0.251. The van der Waals surface area contributed by atoms with Gasteiger partial charge in [0, 0.05) is 36.7 Å². The molecule has 2 atom stereocenters. The van der Waals surface area contributed by atoms with E-state index in [2.05, 4.69) is 31.5 Å². The fourth-order valence-electron chi connectivity index (χ4n) is 6.05. The maximum atomic E-state index is 14.1. The minimum atomic E-state index is -0.951. The lowest BCUT2D eigenvalue weighted by Gasteiger charge is -2.30. The third kappa shape index (κ3) is 9.90. The molecular formula is C37H44N8O6. The van der Waals surface area contributed by atoms with Crippen molar-refractivity contribution in [3.8, 4) is 17.2 Å². The highest BCUT2D eigenvalue weighted by molar-refractivity contribution is 5.98. The number of carbonyl (C=O) groups excluding carboxylic acids is 4. The number of carbonyl (C=O) groups is 4. The number of amides is 4. The summed E-state index contributed by atoms with van der Waals surface area (Å²) in [5.41, 5.74) is 3.01. The highest BCUT2D eigenvalue weighted by Gasteiger charge is 2.29. The summed E-state index contributed by atoms with van der Waals surface area (Å²) in [4.78, 5) is 56.6. The summed E-state index contributed by atoms with van der Waals surface area (Å²) < 4.78 is 12.3. The maximum Gasteiger partial charge on any atom is 0.254 e. The molecule has 5 rings (SSSR count). The van der Waals surface area contributed by atoms with Gasteiger partial charge in [-0.25, -0.2) is 4.68 Å². The van der Waals surface area contributed by atoms with Gasteiger partial charge in [-0.3, -0.25) is 19.2 Å². The molecule has 0 fully saturated rings. The lowest BCUT2D eigenvalue weighted by molar-refractivity contribution is -0.123. The fraction of sp³-hybridized carbons (Fsp3) is 0.378. The van der Waals surface area contributed by atoms with E-state index in [-0.39, 0.29) is 37.2 Å². The molecule has 14 heteroatoms. The molecule has 51 heavy (non-hydrogen) atoms. The van der Waals surface area contributed by atoms with Gasteiger partial charge < -0.3 is 30.3 Å². The largest absolute Gasteiger partial charge is 0.497 e. The van der Waals surface area contributed by atoms with Crippen LogP contribution in [0.5, 0.6) is 11.5 Å². The molecule has 268 valence electrons. The van der Waals surface area contributed by atoms with Crippen molar-refractivity contribution >= 4 is 23.6 Å². The first kappa shape index (κ1) is 36.5. The SMILES string of the molecule is COc1ccc(C[C@@H]2NC(=O)c3ccc(OC)c(c3)CCCNC(=O)CN(C(=O)c3ccc(-n4cnnn4)cc3)C[C@H](CC(C)C)NC2=O)cc1.